The van der Waals surface area contributed by atoms with E-state index in [0.717, 1.165) is 0 Å². The van der Waals surface area contributed by atoms with Crippen LogP contribution in [0, 0.1) is 6.92 Å². The monoisotopic (exact) mass is 181 g/mol. The fourth-order valence-corrected chi connectivity index (χ4v) is 0.977. The number of aryl methyl sites for hydroxylation is 1. The van der Waals surface area contributed by atoms with Crippen LogP contribution in [0.15, 0.2) is 12.1 Å². The Hall–Kier alpha value is -1.58. The summed E-state index contributed by atoms with van der Waals surface area (Å²) in [5.41, 5.74) is 1.06. The maximum Gasteiger partial charge on any atom is 0.339 e. The third-order valence-corrected chi connectivity index (χ3v) is 1.67. The van der Waals surface area contributed by atoms with Crippen molar-refractivity contribution in [1.82, 2.24) is 4.98 Å². The number of methoxy groups -OCH3 is 2. The number of carbonyl (C=O) groups is 1. The first-order valence-corrected chi connectivity index (χ1v) is 3.79. The zero-order valence-corrected chi connectivity index (χ0v) is 7.83. The van der Waals surface area contributed by atoms with E-state index in [4.69, 9.17) is 4.74 Å². The van der Waals surface area contributed by atoms with Crippen LogP contribution in [-0.4, -0.2) is 25.2 Å². The molecule has 0 aromatic carbocycles. The summed E-state index contributed by atoms with van der Waals surface area (Å²) in [6.07, 6.45) is 0. The first kappa shape index (κ1) is 9.51. The largest absolute Gasteiger partial charge is 0.481 e. The maximum absolute atomic E-state index is 11.1. The molecule has 70 valence electrons. The van der Waals surface area contributed by atoms with Crippen molar-refractivity contribution in [3.8, 4) is 5.88 Å². The molecule has 0 amide bonds. The molecule has 0 fully saturated rings. The Morgan fingerprint density at radius 3 is 2.54 bits per heavy atom. The molecular weight excluding hydrogens is 170 g/mol. The quantitative estimate of drug-likeness (QED) is 0.643. The van der Waals surface area contributed by atoms with Gasteiger partial charge in [-0.3, -0.25) is 0 Å². The summed E-state index contributed by atoms with van der Waals surface area (Å²) >= 11 is 0. The van der Waals surface area contributed by atoms with E-state index in [1.165, 1.54) is 14.2 Å². The molecule has 0 aliphatic carbocycles. The second-order valence-electron chi connectivity index (χ2n) is 2.48. The summed E-state index contributed by atoms with van der Waals surface area (Å²) in [5.74, 6) is 0.109. The SMILES string of the molecule is COC(=O)c1ccc(OC)nc1C. The van der Waals surface area contributed by atoms with Crippen LogP contribution in [0.5, 0.6) is 5.88 Å². The highest BCUT2D eigenvalue weighted by Gasteiger charge is 2.10. The van der Waals surface area contributed by atoms with Crippen LogP contribution in [0.4, 0.5) is 0 Å². The molecule has 1 aromatic rings. The van der Waals surface area contributed by atoms with Crippen molar-refractivity contribution >= 4 is 5.97 Å². The highest BCUT2D eigenvalue weighted by atomic mass is 16.5. The lowest BCUT2D eigenvalue weighted by Crippen LogP contribution is -2.05. The Bertz CT molecular complexity index is 323. The van der Waals surface area contributed by atoms with Crippen molar-refractivity contribution in [3.63, 3.8) is 0 Å². The molecule has 4 nitrogen and oxygen atoms in total. The minimum absolute atomic E-state index is 0.382. The number of pyridine rings is 1. The van der Waals surface area contributed by atoms with Gasteiger partial charge in [0.1, 0.15) is 0 Å². The average Bonchev–Trinajstić information content (AvgIpc) is 2.16. The third kappa shape index (κ3) is 1.96. The molecule has 0 spiro atoms. The van der Waals surface area contributed by atoms with Gasteiger partial charge in [0.15, 0.2) is 0 Å². The maximum atomic E-state index is 11.1. The lowest BCUT2D eigenvalue weighted by Gasteiger charge is -2.04. The van der Waals surface area contributed by atoms with Crippen LogP contribution in [0.1, 0.15) is 16.1 Å². The molecule has 0 aliphatic rings. The van der Waals surface area contributed by atoms with E-state index in [1.54, 1.807) is 19.1 Å². The van der Waals surface area contributed by atoms with E-state index < -0.39 is 0 Å². The number of aromatic nitrogens is 1. The molecule has 1 heterocycles. The standard InChI is InChI=1S/C9H11NO3/c1-6-7(9(11)13-3)4-5-8(10-6)12-2/h4-5H,1-3H3. The minimum atomic E-state index is -0.382. The smallest absolute Gasteiger partial charge is 0.339 e. The molecule has 1 aromatic heterocycles. The van der Waals surface area contributed by atoms with Crippen LogP contribution in [0.3, 0.4) is 0 Å². The molecule has 0 saturated heterocycles. The van der Waals surface area contributed by atoms with Crippen LogP contribution in [0.25, 0.3) is 0 Å². The second kappa shape index (κ2) is 3.89. The highest BCUT2D eigenvalue weighted by molar-refractivity contribution is 5.90. The van der Waals surface area contributed by atoms with E-state index >= 15 is 0 Å². The lowest BCUT2D eigenvalue weighted by atomic mass is 10.2. The second-order valence-corrected chi connectivity index (χ2v) is 2.48. The topological polar surface area (TPSA) is 48.4 Å². The van der Waals surface area contributed by atoms with Gasteiger partial charge in [-0.1, -0.05) is 0 Å². The number of ether oxygens (including phenoxy) is 2. The lowest BCUT2D eigenvalue weighted by molar-refractivity contribution is 0.0599. The van der Waals surface area contributed by atoms with E-state index in [2.05, 4.69) is 9.72 Å². The number of hydrogen-bond acceptors (Lipinski definition) is 4. The summed E-state index contributed by atoms with van der Waals surface area (Å²) in [6, 6.07) is 3.26. The average molecular weight is 181 g/mol. The predicted molar refractivity (Wildman–Crippen MR) is 46.9 cm³/mol. The van der Waals surface area contributed by atoms with Crippen molar-refractivity contribution in [2.75, 3.05) is 14.2 Å². The molecule has 1 rings (SSSR count). The van der Waals surface area contributed by atoms with Gasteiger partial charge in [0.2, 0.25) is 5.88 Å². The molecule has 0 radical (unpaired) electrons. The molecule has 0 saturated carbocycles. The van der Waals surface area contributed by atoms with Crippen molar-refractivity contribution in [2.24, 2.45) is 0 Å². The molecule has 13 heavy (non-hydrogen) atoms. The van der Waals surface area contributed by atoms with Gasteiger partial charge in [-0.25, -0.2) is 9.78 Å². The molecule has 0 bridgehead atoms. The van der Waals surface area contributed by atoms with Gasteiger partial charge >= 0.3 is 5.97 Å². The molecule has 0 atom stereocenters. The fourth-order valence-electron chi connectivity index (χ4n) is 0.977. The predicted octanol–water partition coefficient (Wildman–Crippen LogP) is 1.19. The number of rotatable bonds is 2. The Morgan fingerprint density at radius 1 is 1.38 bits per heavy atom. The van der Waals surface area contributed by atoms with Crippen LogP contribution >= 0.6 is 0 Å². The van der Waals surface area contributed by atoms with Gasteiger partial charge in [0, 0.05) is 6.07 Å². The summed E-state index contributed by atoms with van der Waals surface area (Å²) in [5, 5.41) is 0. The van der Waals surface area contributed by atoms with Crippen molar-refractivity contribution in [2.45, 2.75) is 6.92 Å². The Labute approximate surface area is 76.5 Å². The van der Waals surface area contributed by atoms with E-state index in [0.29, 0.717) is 17.1 Å². The summed E-state index contributed by atoms with van der Waals surface area (Å²) in [7, 11) is 2.87. The number of hydrogen-bond donors (Lipinski definition) is 0. The van der Waals surface area contributed by atoms with Crippen LogP contribution in [-0.2, 0) is 4.74 Å². The van der Waals surface area contributed by atoms with Crippen molar-refractivity contribution in [3.05, 3.63) is 23.4 Å². The Kier molecular flexibility index (Phi) is 2.84. The first-order valence-electron chi connectivity index (χ1n) is 3.79. The van der Waals surface area contributed by atoms with Gasteiger partial charge < -0.3 is 9.47 Å². The molecular formula is C9H11NO3. The van der Waals surface area contributed by atoms with Crippen molar-refractivity contribution < 1.29 is 14.3 Å². The van der Waals surface area contributed by atoms with Gasteiger partial charge in [-0.2, -0.15) is 0 Å². The molecule has 0 aliphatic heterocycles. The van der Waals surface area contributed by atoms with E-state index in [1.807, 2.05) is 0 Å². The number of carbonyl (C=O) groups excluding carboxylic acids is 1. The van der Waals surface area contributed by atoms with E-state index in [9.17, 15) is 4.79 Å². The first-order chi connectivity index (χ1) is 6.19. The van der Waals surface area contributed by atoms with Crippen molar-refractivity contribution in [1.29, 1.82) is 0 Å². The zero-order chi connectivity index (χ0) is 9.84. The molecule has 0 N–H and O–H groups in total. The fraction of sp³-hybridized carbons (Fsp3) is 0.333. The summed E-state index contributed by atoms with van der Waals surface area (Å²) in [4.78, 5) is 15.2. The van der Waals surface area contributed by atoms with Gasteiger partial charge in [0.05, 0.1) is 25.5 Å². The Morgan fingerprint density at radius 2 is 2.08 bits per heavy atom. The zero-order valence-electron chi connectivity index (χ0n) is 7.83. The number of nitrogens with zero attached hydrogens (tertiary/aromatic N) is 1. The van der Waals surface area contributed by atoms with Crippen LogP contribution in [0.2, 0.25) is 0 Å². The Balaban J connectivity index is 3.05. The molecule has 0 unspecified atom stereocenters. The number of esters is 1. The van der Waals surface area contributed by atoms with Gasteiger partial charge in [-0.15, -0.1) is 0 Å². The highest BCUT2D eigenvalue weighted by Crippen LogP contribution is 2.12. The summed E-state index contributed by atoms with van der Waals surface area (Å²) < 4.78 is 9.47. The van der Waals surface area contributed by atoms with E-state index in [-0.39, 0.29) is 5.97 Å². The third-order valence-electron chi connectivity index (χ3n) is 1.67. The minimum Gasteiger partial charge on any atom is -0.481 e. The summed E-state index contributed by atoms with van der Waals surface area (Å²) in [6.45, 7) is 1.73. The molecule has 4 heteroatoms. The normalized spacial score (nSPS) is 9.46. The van der Waals surface area contributed by atoms with Crippen LogP contribution < -0.4 is 4.74 Å². The van der Waals surface area contributed by atoms with Gasteiger partial charge in [0.25, 0.3) is 0 Å². The van der Waals surface area contributed by atoms with Gasteiger partial charge in [-0.05, 0) is 13.0 Å².